The van der Waals surface area contributed by atoms with E-state index in [1.54, 1.807) is 0 Å². The van der Waals surface area contributed by atoms with Gasteiger partial charge >= 0.3 is 12.1 Å². The van der Waals surface area contributed by atoms with Gasteiger partial charge in [0.05, 0.1) is 0 Å². The fourth-order valence-electron chi connectivity index (χ4n) is 1.13. The van der Waals surface area contributed by atoms with Crippen molar-refractivity contribution in [1.29, 1.82) is 0 Å². The van der Waals surface area contributed by atoms with Crippen LogP contribution in [-0.2, 0) is 14.3 Å². The highest BCUT2D eigenvalue weighted by Gasteiger charge is 2.39. The van der Waals surface area contributed by atoms with Crippen molar-refractivity contribution in [1.82, 2.24) is 5.32 Å². The Labute approximate surface area is 82.1 Å². The van der Waals surface area contributed by atoms with E-state index < -0.39 is 17.6 Å². The van der Waals surface area contributed by atoms with Crippen molar-refractivity contribution in [3.63, 3.8) is 0 Å². The molecule has 1 heterocycles. The Morgan fingerprint density at radius 1 is 1.86 bits per heavy atom. The minimum atomic E-state index is -0.574. The van der Waals surface area contributed by atoms with Crippen LogP contribution >= 0.6 is 0 Å². The molecule has 0 aliphatic carbocycles. The second kappa shape index (κ2) is 4.13. The van der Waals surface area contributed by atoms with E-state index in [1.165, 1.54) is 0 Å². The third-order valence-electron chi connectivity index (χ3n) is 2.18. The van der Waals surface area contributed by atoms with E-state index in [-0.39, 0.29) is 13.2 Å². The third-order valence-corrected chi connectivity index (χ3v) is 2.18. The average Bonchev–Trinajstić information content (AvgIpc) is 2.57. The Hall–Kier alpha value is -1.52. The van der Waals surface area contributed by atoms with Crippen LogP contribution in [0.15, 0.2) is 12.7 Å². The Bertz CT molecular complexity index is 264. The molecule has 1 amide bonds. The third kappa shape index (κ3) is 2.25. The van der Waals surface area contributed by atoms with Gasteiger partial charge in [-0.3, -0.25) is 0 Å². The first-order valence-electron chi connectivity index (χ1n) is 4.36. The smallest absolute Gasteiger partial charge is 0.407 e. The molecule has 5 heteroatoms. The zero-order valence-electron chi connectivity index (χ0n) is 8.04. The van der Waals surface area contributed by atoms with Crippen LogP contribution in [0.3, 0.4) is 0 Å². The van der Waals surface area contributed by atoms with Crippen LogP contribution in [0.2, 0.25) is 0 Å². The molecule has 0 bridgehead atoms. The fourth-order valence-corrected chi connectivity index (χ4v) is 1.13. The summed E-state index contributed by atoms with van der Waals surface area (Å²) in [5, 5.41) is 2.62. The Morgan fingerprint density at radius 2 is 2.57 bits per heavy atom. The summed E-state index contributed by atoms with van der Waals surface area (Å²) in [4.78, 5) is 21.7. The number of amides is 1. The molecule has 1 N–H and O–H groups in total. The quantitative estimate of drug-likeness (QED) is 0.532. The van der Waals surface area contributed by atoms with Gasteiger partial charge in [0.15, 0.2) is 0 Å². The van der Waals surface area contributed by atoms with Gasteiger partial charge in [-0.15, -0.1) is 0 Å². The summed E-state index contributed by atoms with van der Waals surface area (Å²) in [6, 6.07) is 0. The fraction of sp³-hybridized carbons (Fsp3) is 0.556. The van der Waals surface area contributed by atoms with E-state index in [9.17, 15) is 9.59 Å². The molecule has 14 heavy (non-hydrogen) atoms. The summed E-state index contributed by atoms with van der Waals surface area (Å²) >= 11 is 0. The van der Waals surface area contributed by atoms with E-state index in [0.29, 0.717) is 6.42 Å². The molecular formula is C9H13NO4. The minimum Gasteiger partial charge on any atom is -0.460 e. The van der Waals surface area contributed by atoms with Crippen LogP contribution in [0.1, 0.15) is 13.3 Å². The van der Waals surface area contributed by atoms with E-state index in [0.717, 1.165) is 6.08 Å². The highest BCUT2D eigenvalue weighted by Crippen LogP contribution is 2.17. The lowest BCUT2D eigenvalue weighted by Gasteiger charge is -2.23. The number of nitrogens with one attached hydrogen (secondary N) is 1. The summed E-state index contributed by atoms with van der Waals surface area (Å²) in [5.41, 5.74) is -0.574. The Morgan fingerprint density at radius 3 is 3.00 bits per heavy atom. The van der Waals surface area contributed by atoms with Crippen molar-refractivity contribution < 1.29 is 19.1 Å². The molecule has 78 valence electrons. The van der Waals surface area contributed by atoms with Crippen LogP contribution in [-0.4, -0.2) is 30.8 Å². The predicted octanol–water partition coefficient (Wildman–Crippen LogP) is 0.604. The van der Waals surface area contributed by atoms with Gasteiger partial charge in [0.25, 0.3) is 0 Å². The maximum absolute atomic E-state index is 10.8. The molecule has 0 radical (unpaired) electrons. The zero-order chi connectivity index (χ0) is 10.6. The van der Waals surface area contributed by atoms with Gasteiger partial charge in [0, 0.05) is 6.08 Å². The van der Waals surface area contributed by atoms with Gasteiger partial charge in [0.1, 0.15) is 18.8 Å². The molecule has 1 fully saturated rings. The van der Waals surface area contributed by atoms with Gasteiger partial charge in [-0.25, -0.2) is 9.59 Å². The van der Waals surface area contributed by atoms with Crippen LogP contribution < -0.4 is 5.32 Å². The molecule has 1 unspecified atom stereocenters. The summed E-state index contributed by atoms with van der Waals surface area (Å²) in [6.45, 7) is 5.50. The van der Waals surface area contributed by atoms with Crippen molar-refractivity contribution in [2.24, 2.45) is 0 Å². The number of alkyl carbamates (subject to hydrolysis) is 1. The van der Waals surface area contributed by atoms with E-state index >= 15 is 0 Å². The normalized spacial score (nSPS) is 25.1. The number of esters is 1. The molecule has 0 aromatic rings. The molecule has 0 aromatic heterocycles. The SMILES string of the molecule is C=CC(=O)OCC1(CC)COC(=O)N1. The summed E-state index contributed by atoms with van der Waals surface area (Å²) in [5.74, 6) is -0.501. The number of cyclic esters (lactones) is 1. The van der Waals surface area contributed by atoms with Gasteiger partial charge in [-0.1, -0.05) is 13.5 Å². The first kappa shape index (κ1) is 10.6. The van der Waals surface area contributed by atoms with Crippen molar-refractivity contribution in [3.8, 4) is 0 Å². The van der Waals surface area contributed by atoms with Crippen LogP contribution in [0, 0.1) is 0 Å². The number of ether oxygens (including phenoxy) is 2. The number of carbonyl (C=O) groups is 2. The largest absolute Gasteiger partial charge is 0.460 e. The summed E-state index contributed by atoms with van der Waals surface area (Å²) in [6.07, 6.45) is 1.26. The first-order chi connectivity index (χ1) is 6.62. The zero-order valence-corrected chi connectivity index (χ0v) is 8.04. The highest BCUT2D eigenvalue weighted by molar-refractivity contribution is 5.81. The van der Waals surface area contributed by atoms with Gasteiger partial charge in [-0.05, 0) is 6.42 Å². The second-order valence-corrected chi connectivity index (χ2v) is 3.15. The van der Waals surface area contributed by atoms with Gasteiger partial charge < -0.3 is 14.8 Å². The minimum absolute atomic E-state index is 0.111. The monoisotopic (exact) mass is 199 g/mol. The Balaban J connectivity index is 2.50. The van der Waals surface area contributed by atoms with Gasteiger partial charge in [0.2, 0.25) is 0 Å². The molecule has 1 aliphatic heterocycles. The highest BCUT2D eigenvalue weighted by atomic mass is 16.6. The van der Waals surface area contributed by atoms with Gasteiger partial charge in [-0.2, -0.15) is 0 Å². The lowest BCUT2D eigenvalue weighted by atomic mass is 10.00. The number of hydrogen-bond acceptors (Lipinski definition) is 4. The number of hydrogen-bond donors (Lipinski definition) is 1. The molecule has 1 atom stereocenters. The molecule has 0 spiro atoms. The number of rotatable bonds is 4. The maximum Gasteiger partial charge on any atom is 0.407 e. The van der Waals surface area contributed by atoms with Crippen molar-refractivity contribution >= 4 is 12.1 Å². The number of carbonyl (C=O) groups excluding carboxylic acids is 2. The Kier molecular flexibility index (Phi) is 3.11. The lowest BCUT2D eigenvalue weighted by molar-refractivity contribution is -0.139. The first-order valence-corrected chi connectivity index (χ1v) is 4.36. The predicted molar refractivity (Wildman–Crippen MR) is 48.7 cm³/mol. The molecular weight excluding hydrogens is 186 g/mol. The van der Waals surface area contributed by atoms with Crippen molar-refractivity contribution in [3.05, 3.63) is 12.7 Å². The summed E-state index contributed by atoms with van der Waals surface area (Å²) < 4.78 is 9.62. The molecule has 5 nitrogen and oxygen atoms in total. The van der Waals surface area contributed by atoms with Crippen LogP contribution in [0.4, 0.5) is 4.79 Å². The molecule has 0 saturated carbocycles. The molecule has 1 saturated heterocycles. The topological polar surface area (TPSA) is 64.6 Å². The summed E-state index contributed by atoms with van der Waals surface area (Å²) in [7, 11) is 0. The molecule has 1 aliphatic rings. The second-order valence-electron chi connectivity index (χ2n) is 3.15. The van der Waals surface area contributed by atoms with Crippen molar-refractivity contribution in [2.45, 2.75) is 18.9 Å². The van der Waals surface area contributed by atoms with Crippen LogP contribution in [0.25, 0.3) is 0 Å². The molecule has 1 rings (SSSR count). The maximum atomic E-state index is 10.8. The van der Waals surface area contributed by atoms with Crippen molar-refractivity contribution in [2.75, 3.05) is 13.2 Å². The lowest BCUT2D eigenvalue weighted by Crippen LogP contribution is -2.47. The van der Waals surface area contributed by atoms with E-state index in [4.69, 9.17) is 9.47 Å². The standard InChI is InChI=1S/C9H13NO4/c1-3-7(11)13-5-9(4-2)6-14-8(12)10-9/h3H,1,4-6H2,2H3,(H,10,12). The van der Waals surface area contributed by atoms with Crippen LogP contribution in [0.5, 0.6) is 0 Å². The molecule has 0 aromatic carbocycles. The van der Waals surface area contributed by atoms with E-state index in [2.05, 4.69) is 11.9 Å². The van der Waals surface area contributed by atoms with E-state index in [1.807, 2.05) is 6.92 Å². The average molecular weight is 199 g/mol.